The first kappa shape index (κ1) is 10.9. The van der Waals surface area contributed by atoms with Crippen LogP contribution in [0, 0.1) is 6.92 Å². The van der Waals surface area contributed by atoms with E-state index in [1.807, 2.05) is 19.9 Å². The third kappa shape index (κ3) is 2.72. The van der Waals surface area contributed by atoms with Crippen molar-refractivity contribution in [1.29, 1.82) is 0 Å². The molecular formula is C12H17N3O. The van der Waals surface area contributed by atoms with Crippen molar-refractivity contribution in [2.75, 3.05) is 11.9 Å². The largest absolute Gasteiger partial charge is 0.370 e. The SMILES string of the molecule is CCNc1cc(C(=O)NC2CC2)cc(C)n1. The highest BCUT2D eigenvalue weighted by molar-refractivity contribution is 5.95. The van der Waals surface area contributed by atoms with Gasteiger partial charge >= 0.3 is 0 Å². The molecule has 1 amide bonds. The number of aromatic nitrogens is 1. The van der Waals surface area contributed by atoms with Crippen molar-refractivity contribution >= 4 is 11.7 Å². The van der Waals surface area contributed by atoms with Gasteiger partial charge in [0.1, 0.15) is 5.82 Å². The number of nitrogens with zero attached hydrogens (tertiary/aromatic N) is 1. The molecule has 1 saturated carbocycles. The summed E-state index contributed by atoms with van der Waals surface area (Å²) in [4.78, 5) is 16.1. The number of hydrogen-bond donors (Lipinski definition) is 2. The molecule has 0 spiro atoms. The number of rotatable bonds is 4. The van der Waals surface area contributed by atoms with E-state index in [1.54, 1.807) is 6.07 Å². The van der Waals surface area contributed by atoms with Crippen LogP contribution in [-0.4, -0.2) is 23.5 Å². The minimum absolute atomic E-state index is 0.00662. The molecular weight excluding hydrogens is 202 g/mol. The lowest BCUT2D eigenvalue weighted by Gasteiger charge is -2.08. The predicted molar refractivity (Wildman–Crippen MR) is 63.6 cm³/mol. The molecule has 1 aromatic rings. The average molecular weight is 219 g/mol. The maximum atomic E-state index is 11.8. The molecule has 1 aliphatic rings. The number of aryl methyl sites for hydroxylation is 1. The zero-order chi connectivity index (χ0) is 11.5. The van der Waals surface area contributed by atoms with Gasteiger partial charge < -0.3 is 10.6 Å². The molecule has 1 fully saturated rings. The Morgan fingerprint density at radius 3 is 2.88 bits per heavy atom. The van der Waals surface area contributed by atoms with E-state index in [0.29, 0.717) is 11.6 Å². The van der Waals surface area contributed by atoms with Crippen molar-refractivity contribution in [1.82, 2.24) is 10.3 Å². The third-order valence-electron chi connectivity index (χ3n) is 2.49. The van der Waals surface area contributed by atoms with Gasteiger partial charge in [0.05, 0.1) is 0 Å². The molecule has 0 unspecified atom stereocenters. The number of carbonyl (C=O) groups excluding carboxylic acids is 1. The lowest BCUT2D eigenvalue weighted by molar-refractivity contribution is 0.0951. The van der Waals surface area contributed by atoms with Crippen LogP contribution in [0.1, 0.15) is 35.8 Å². The van der Waals surface area contributed by atoms with Crippen molar-refractivity contribution in [3.8, 4) is 0 Å². The van der Waals surface area contributed by atoms with Crippen molar-refractivity contribution < 1.29 is 4.79 Å². The molecule has 4 nitrogen and oxygen atoms in total. The van der Waals surface area contributed by atoms with Crippen LogP contribution in [0.25, 0.3) is 0 Å². The van der Waals surface area contributed by atoms with Crippen molar-refractivity contribution in [2.24, 2.45) is 0 Å². The highest BCUT2D eigenvalue weighted by Gasteiger charge is 2.24. The zero-order valence-corrected chi connectivity index (χ0v) is 9.71. The summed E-state index contributed by atoms with van der Waals surface area (Å²) in [5, 5.41) is 6.09. The summed E-state index contributed by atoms with van der Waals surface area (Å²) in [6, 6.07) is 4.01. The van der Waals surface area contributed by atoms with Gasteiger partial charge in [-0.25, -0.2) is 4.98 Å². The van der Waals surface area contributed by atoms with E-state index >= 15 is 0 Å². The second-order valence-electron chi connectivity index (χ2n) is 4.16. The standard InChI is InChI=1S/C12H17N3O/c1-3-13-11-7-9(6-8(2)14-11)12(16)15-10-4-5-10/h6-7,10H,3-5H2,1-2H3,(H,13,14)(H,15,16). The summed E-state index contributed by atoms with van der Waals surface area (Å²) in [6.07, 6.45) is 2.21. The minimum atomic E-state index is 0.00662. The van der Waals surface area contributed by atoms with Crippen LogP contribution in [0.3, 0.4) is 0 Å². The summed E-state index contributed by atoms with van der Waals surface area (Å²) in [7, 11) is 0. The fraction of sp³-hybridized carbons (Fsp3) is 0.500. The number of amides is 1. The maximum absolute atomic E-state index is 11.8. The molecule has 1 aromatic heterocycles. The summed E-state index contributed by atoms with van der Waals surface area (Å²) in [5.41, 5.74) is 1.55. The number of carbonyl (C=O) groups is 1. The van der Waals surface area contributed by atoms with Crippen molar-refractivity contribution in [2.45, 2.75) is 32.7 Å². The minimum Gasteiger partial charge on any atom is -0.370 e. The Balaban J connectivity index is 2.14. The molecule has 1 aliphatic carbocycles. The fourth-order valence-corrected chi connectivity index (χ4v) is 1.57. The quantitative estimate of drug-likeness (QED) is 0.810. The Bertz CT molecular complexity index is 399. The van der Waals surface area contributed by atoms with Crippen LogP contribution in [0.15, 0.2) is 12.1 Å². The molecule has 4 heteroatoms. The molecule has 1 heterocycles. The van der Waals surface area contributed by atoms with Crippen molar-refractivity contribution in [3.63, 3.8) is 0 Å². The maximum Gasteiger partial charge on any atom is 0.251 e. The summed E-state index contributed by atoms with van der Waals surface area (Å²) < 4.78 is 0. The van der Waals surface area contributed by atoms with Gasteiger partial charge in [0.2, 0.25) is 0 Å². The molecule has 2 N–H and O–H groups in total. The van der Waals surface area contributed by atoms with Crippen LogP contribution < -0.4 is 10.6 Å². The Hall–Kier alpha value is -1.58. The van der Waals surface area contributed by atoms with Crippen molar-refractivity contribution in [3.05, 3.63) is 23.4 Å². The van der Waals surface area contributed by atoms with Crippen LogP contribution in [0.4, 0.5) is 5.82 Å². The highest BCUT2D eigenvalue weighted by Crippen LogP contribution is 2.20. The first-order valence-electron chi connectivity index (χ1n) is 5.72. The van der Waals surface area contributed by atoms with Gasteiger partial charge in [0.25, 0.3) is 5.91 Å². The average Bonchev–Trinajstić information content (AvgIpc) is 3.01. The lowest BCUT2D eigenvalue weighted by Crippen LogP contribution is -2.25. The molecule has 0 atom stereocenters. The molecule has 86 valence electrons. The van der Waals surface area contributed by atoms with Gasteiger partial charge in [0.15, 0.2) is 0 Å². The first-order valence-corrected chi connectivity index (χ1v) is 5.72. The molecule has 16 heavy (non-hydrogen) atoms. The Kier molecular flexibility index (Phi) is 3.08. The van der Waals surface area contributed by atoms with Gasteiger partial charge in [-0.1, -0.05) is 0 Å². The topological polar surface area (TPSA) is 54.0 Å². The van der Waals surface area contributed by atoms with Crippen LogP contribution in [0.5, 0.6) is 0 Å². The molecule has 0 bridgehead atoms. The normalized spacial score (nSPS) is 14.6. The highest BCUT2D eigenvalue weighted by atomic mass is 16.1. The first-order chi connectivity index (χ1) is 7.69. The third-order valence-corrected chi connectivity index (χ3v) is 2.49. The van der Waals surface area contributed by atoms with Gasteiger partial charge in [-0.2, -0.15) is 0 Å². The predicted octanol–water partition coefficient (Wildman–Crippen LogP) is 1.71. The van der Waals surface area contributed by atoms with Crippen LogP contribution in [-0.2, 0) is 0 Å². The van der Waals surface area contributed by atoms with Crippen LogP contribution >= 0.6 is 0 Å². The fourth-order valence-electron chi connectivity index (χ4n) is 1.57. The Morgan fingerprint density at radius 2 is 2.25 bits per heavy atom. The van der Waals surface area contributed by atoms with E-state index < -0.39 is 0 Å². The molecule has 0 aromatic carbocycles. The Labute approximate surface area is 95.5 Å². The number of nitrogens with one attached hydrogen (secondary N) is 2. The zero-order valence-electron chi connectivity index (χ0n) is 9.71. The monoisotopic (exact) mass is 219 g/mol. The summed E-state index contributed by atoms with van der Waals surface area (Å²) in [6.45, 7) is 4.71. The van der Waals surface area contributed by atoms with Gasteiger partial charge in [-0.3, -0.25) is 4.79 Å². The van der Waals surface area contributed by atoms with E-state index in [2.05, 4.69) is 15.6 Å². The molecule has 0 aliphatic heterocycles. The second kappa shape index (κ2) is 4.51. The Morgan fingerprint density at radius 1 is 1.50 bits per heavy atom. The summed E-state index contributed by atoms with van der Waals surface area (Å²) >= 11 is 0. The summed E-state index contributed by atoms with van der Waals surface area (Å²) in [5.74, 6) is 0.774. The lowest BCUT2D eigenvalue weighted by atomic mass is 10.2. The molecule has 0 radical (unpaired) electrons. The van der Waals surface area contributed by atoms with Gasteiger partial charge in [-0.15, -0.1) is 0 Å². The van der Waals surface area contributed by atoms with E-state index in [4.69, 9.17) is 0 Å². The van der Waals surface area contributed by atoms with Gasteiger partial charge in [0, 0.05) is 23.8 Å². The number of pyridine rings is 1. The van der Waals surface area contributed by atoms with Crippen LogP contribution in [0.2, 0.25) is 0 Å². The van der Waals surface area contributed by atoms with E-state index in [1.165, 1.54) is 0 Å². The van der Waals surface area contributed by atoms with E-state index in [-0.39, 0.29) is 5.91 Å². The van der Waals surface area contributed by atoms with E-state index in [0.717, 1.165) is 30.9 Å². The van der Waals surface area contributed by atoms with E-state index in [9.17, 15) is 4.79 Å². The van der Waals surface area contributed by atoms with Gasteiger partial charge in [-0.05, 0) is 38.8 Å². The number of anilines is 1. The smallest absolute Gasteiger partial charge is 0.251 e. The molecule has 0 saturated heterocycles. The number of hydrogen-bond acceptors (Lipinski definition) is 3. The molecule has 2 rings (SSSR count). The second-order valence-corrected chi connectivity index (χ2v) is 4.16.